The maximum Gasteiger partial charge on any atom is 0.255 e. The first-order valence-electron chi connectivity index (χ1n) is 8.98. The van der Waals surface area contributed by atoms with Crippen molar-refractivity contribution in [1.29, 1.82) is 0 Å². The Bertz CT molecular complexity index is 582. The molecule has 0 bridgehead atoms. The summed E-state index contributed by atoms with van der Waals surface area (Å²) in [6, 6.07) is 4.44. The molecule has 1 fully saturated rings. The van der Waals surface area contributed by atoms with Crippen LogP contribution in [0.15, 0.2) is 12.1 Å². The average molecular weight is 332 g/mol. The fraction of sp³-hybridized carbons (Fsp3) is 0.650. The Hall–Kier alpha value is -1.55. The molecule has 1 aromatic rings. The van der Waals surface area contributed by atoms with Crippen molar-refractivity contribution >= 4 is 5.91 Å². The number of nitrogens with one attached hydrogen (secondary N) is 2. The zero-order chi connectivity index (χ0) is 17.9. The van der Waals surface area contributed by atoms with Gasteiger partial charge in [-0.25, -0.2) is 0 Å². The summed E-state index contributed by atoms with van der Waals surface area (Å²) in [4.78, 5) is 12.7. The predicted molar refractivity (Wildman–Crippen MR) is 99.1 cm³/mol. The van der Waals surface area contributed by atoms with Crippen LogP contribution in [-0.4, -0.2) is 32.1 Å². The van der Waals surface area contributed by atoms with Gasteiger partial charge in [-0.15, -0.1) is 0 Å². The quantitative estimate of drug-likeness (QED) is 0.866. The molecule has 4 nitrogen and oxygen atoms in total. The smallest absolute Gasteiger partial charge is 0.255 e. The van der Waals surface area contributed by atoms with E-state index in [4.69, 9.17) is 4.74 Å². The summed E-state index contributed by atoms with van der Waals surface area (Å²) in [6.45, 7) is 12.6. The molecule has 4 heteroatoms. The third kappa shape index (κ3) is 4.29. The third-order valence-corrected chi connectivity index (χ3v) is 4.72. The molecule has 1 aromatic carbocycles. The van der Waals surface area contributed by atoms with E-state index in [2.05, 4.69) is 45.3 Å². The first-order chi connectivity index (χ1) is 11.2. The summed E-state index contributed by atoms with van der Waals surface area (Å²) in [7, 11) is 1.63. The fourth-order valence-electron chi connectivity index (χ4n) is 3.31. The third-order valence-electron chi connectivity index (χ3n) is 4.72. The molecule has 0 radical (unpaired) electrons. The molecule has 1 atom stereocenters. The zero-order valence-electron chi connectivity index (χ0n) is 16.0. The van der Waals surface area contributed by atoms with Gasteiger partial charge in [-0.3, -0.25) is 4.79 Å². The van der Waals surface area contributed by atoms with Crippen LogP contribution in [0.5, 0.6) is 5.75 Å². The Labute approximate surface area is 146 Å². The van der Waals surface area contributed by atoms with Gasteiger partial charge in [0.2, 0.25) is 0 Å². The maximum atomic E-state index is 12.7. The van der Waals surface area contributed by atoms with Crippen molar-refractivity contribution < 1.29 is 9.53 Å². The average Bonchev–Trinajstić information content (AvgIpc) is 3.03. The van der Waals surface area contributed by atoms with Crippen LogP contribution in [0.3, 0.4) is 0 Å². The lowest BCUT2D eigenvalue weighted by atomic mass is 9.79. The lowest BCUT2D eigenvalue weighted by Crippen LogP contribution is -2.37. The number of hydrogen-bond acceptors (Lipinski definition) is 3. The van der Waals surface area contributed by atoms with Crippen molar-refractivity contribution in [2.45, 2.75) is 64.8 Å². The molecule has 0 unspecified atom stereocenters. The van der Waals surface area contributed by atoms with E-state index in [0.29, 0.717) is 29.8 Å². The van der Waals surface area contributed by atoms with Gasteiger partial charge >= 0.3 is 0 Å². The summed E-state index contributed by atoms with van der Waals surface area (Å²) in [5.74, 6) is 0.956. The van der Waals surface area contributed by atoms with Crippen LogP contribution in [0.25, 0.3) is 0 Å². The molecule has 2 rings (SSSR count). The van der Waals surface area contributed by atoms with Crippen molar-refractivity contribution in [3.63, 3.8) is 0 Å². The molecule has 2 N–H and O–H groups in total. The van der Waals surface area contributed by atoms with Crippen LogP contribution in [0.4, 0.5) is 0 Å². The maximum absolute atomic E-state index is 12.7. The SMILES string of the molecule is COc1cc(C(C)(C)C)c(C(C)C)cc1C(=O)NC[C@@H]1CCCN1. The molecule has 1 aliphatic heterocycles. The molecular weight excluding hydrogens is 300 g/mol. The molecule has 1 saturated heterocycles. The van der Waals surface area contributed by atoms with E-state index in [1.165, 1.54) is 17.5 Å². The fourth-order valence-corrected chi connectivity index (χ4v) is 3.31. The van der Waals surface area contributed by atoms with E-state index >= 15 is 0 Å². The van der Waals surface area contributed by atoms with Crippen molar-refractivity contribution in [2.75, 3.05) is 20.2 Å². The lowest BCUT2D eigenvalue weighted by molar-refractivity contribution is 0.0947. The highest BCUT2D eigenvalue weighted by Gasteiger charge is 2.25. The second kappa shape index (κ2) is 7.56. The highest BCUT2D eigenvalue weighted by atomic mass is 16.5. The Morgan fingerprint density at radius 3 is 2.58 bits per heavy atom. The van der Waals surface area contributed by atoms with E-state index < -0.39 is 0 Å². The van der Waals surface area contributed by atoms with Gasteiger partial charge in [0.25, 0.3) is 5.91 Å². The first kappa shape index (κ1) is 18.8. The van der Waals surface area contributed by atoms with Gasteiger partial charge in [-0.1, -0.05) is 34.6 Å². The highest BCUT2D eigenvalue weighted by molar-refractivity contribution is 5.97. The minimum Gasteiger partial charge on any atom is -0.496 e. The van der Waals surface area contributed by atoms with Crippen molar-refractivity contribution in [1.82, 2.24) is 10.6 Å². The Balaban J connectivity index is 2.30. The summed E-state index contributed by atoms with van der Waals surface area (Å²) < 4.78 is 5.53. The topological polar surface area (TPSA) is 50.4 Å². The molecular formula is C20H32N2O2. The second-order valence-corrected chi connectivity index (χ2v) is 8.05. The molecule has 24 heavy (non-hydrogen) atoms. The minimum absolute atomic E-state index is 0.00958. The summed E-state index contributed by atoms with van der Waals surface area (Å²) >= 11 is 0. The summed E-state index contributed by atoms with van der Waals surface area (Å²) in [6.07, 6.45) is 2.30. The number of amides is 1. The Morgan fingerprint density at radius 2 is 2.08 bits per heavy atom. The number of rotatable bonds is 5. The molecule has 0 spiro atoms. The van der Waals surface area contributed by atoms with Gasteiger partial charge in [0, 0.05) is 12.6 Å². The Kier molecular flexibility index (Phi) is 5.92. The standard InChI is InChI=1S/C20H32N2O2/c1-13(2)15-10-16(18(24-6)11-17(15)20(3,4)5)19(23)22-12-14-8-7-9-21-14/h10-11,13-14,21H,7-9,12H2,1-6H3,(H,22,23)/t14-/m0/s1. The van der Waals surface area contributed by atoms with E-state index in [1.54, 1.807) is 7.11 Å². The van der Waals surface area contributed by atoms with Crippen LogP contribution < -0.4 is 15.4 Å². The van der Waals surface area contributed by atoms with E-state index in [1.807, 2.05) is 12.1 Å². The highest BCUT2D eigenvalue weighted by Crippen LogP contribution is 2.35. The van der Waals surface area contributed by atoms with Crippen molar-refractivity contribution in [2.24, 2.45) is 0 Å². The minimum atomic E-state index is -0.0529. The molecule has 0 aromatic heterocycles. The number of benzene rings is 1. The van der Waals surface area contributed by atoms with Gasteiger partial charge < -0.3 is 15.4 Å². The molecule has 1 heterocycles. The number of ether oxygens (including phenoxy) is 1. The van der Waals surface area contributed by atoms with Gasteiger partial charge in [-0.05, 0) is 54.0 Å². The number of carbonyl (C=O) groups is 1. The van der Waals surface area contributed by atoms with Crippen molar-refractivity contribution in [3.05, 3.63) is 28.8 Å². The van der Waals surface area contributed by atoms with E-state index in [9.17, 15) is 4.79 Å². The van der Waals surface area contributed by atoms with Crippen LogP contribution >= 0.6 is 0 Å². The summed E-state index contributed by atoms with van der Waals surface area (Å²) in [5, 5.41) is 6.46. The van der Waals surface area contributed by atoms with Gasteiger partial charge in [0.05, 0.1) is 12.7 Å². The van der Waals surface area contributed by atoms with E-state index in [0.717, 1.165) is 13.0 Å². The van der Waals surface area contributed by atoms with Gasteiger partial charge in [-0.2, -0.15) is 0 Å². The summed E-state index contributed by atoms with van der Waals surface area (Å²) in [5.41, 5.74) is 3.10. The Morgan fingerprint density at radius 1 is 1.38 bits per heavy atom. The second-order valence-electron chi connectivity index (χ2n) is 8.05. The molecule has 1 amide bonds. The van der Waals surface area contributed by atoms with Crippen LogP contribution in [-0.2, 0) is 5.41 Å². The molecule has 134 valence electrons. The molecule has 0 aliphatic carbocycles. The van der Waals surface area contributed by atoms with Gasteiger partial charge in [0.15, 0.2) is 0 Å². The van der Waals surface area contributed by atoms with Crippen molar-refractivity contribution in [3.8, 4) is 5.75 Å². The van der Waals surface area contributed by atoms with E-state index in [-0.39, 0.29) is 11.3 Å². The normalized spacial score (nSPS) is 18.0. The number of hydrogen-bond donors (Lipinski definition) is 2. The monoisotopic (exact) mass is 332 g/mol. The van der Waals surface area contributed by atoms with Gasteiger partial charge in [0.1, 0.15) is 5.75 Å². The molecule has 1 aliphatic rings. The van der Waals surface area contributed by atoms with Crippen LogP contribution in [0, 0.1) is 0 Å². The predicted octanol–water partition coefficient (Wildman–Crippen LogP) is 3.60. The zero-order valence-corrected chi connectivity index (χ0v) is 16.0. The van der Waals surface area contributed by atoms with Crippen LogP contribution in [0.1, 0.15) is 74.9 Å². The van der Waals surface area contributed by atoms with Crippen LogP contribution in [0.2, 0.25) is 0 Å². The molecule has 0 saturated carbocycles. The first-order valence-corrected chi connectivity index (χ1v) is 8.98. The number of carbonyl (C=O) groups excluding carboxylic acids is 1. The lowest BCUT2D eigenvalue weighted by Gasteiger charge is -2.26. The number of methoxy groups -OCH3 is 1. The largest absolute Gasteiger partial charge is 0.496 e.